The predicted octanol–water partition coefficient (Wildman–Crippen LogP) is 3.99. The van der Waals surface area contributed by atoms with Gasteiger partial charge in [0.05, 0.1) is 10.7 Å². The second kappa shape index (κ2) is 10.5. The number of guanidine groups is 1. The van der Waals surface area contributed by atoms with Crippen LogP contribution >= 0.6 is 35.3 Å². The van der Waals surface area contributed by atoms with Crippen LogP contribution in [-0.4, -0.2) is 30.6 Å². The largest absolute Gasteiger partial charge is 0.356 e. The van der Waals surface area contributed by atoms with Gasteiger partial charge >= 0.3 is 0 Å². The lowest BCUT2D eigenvalue weighted by atomic mass is 9.80. The fourth-order valence-corrected chi connectivity index (χ4v) is 3.80. The highest BCUT2D eigenvalue weighted by molar-refractivity contribution is 14.0. The first-order chi connectivity index (χ1) is 10.6. The maximum atomic E-state index is 4.49. The summed E-state index contributed by atoms with van der Waals surface area (Å²) < 4.78 is 0. The molecule has 0 saturated heterocycles. The summed E-state index contributed by atoms with van der Waals surface area (Å²) in [5, 5.41) is 10.3. The first-order valence-electron chi connectivity index (χ1n) is 8.46. The van der Waals surface area contributed by atoms with E-state index < -0.39 is 0 Å². The molecule has 23 heavy (non-hydrogen) atoms. The molecule has 2 N–H and O–H groups in total. The molecule has 1 aliphatic rings. The van der Waals surface area contributed by atoms with E-state index in [1.807, 2.05) is 7.05 Å². The maximum Gasteiger partial charge on any atom is 0.191 e. The van der Waals surface area contributed by atoms with Gasteiger partial charge in [0.15, 0.2) is 5.96 Å². The lowest BCUT2D eigenvalue weighted by Crippen LogP contribution is -2.45. The third kappa shape index (κ3) is 6.95. The van der Waals surface area contributed by atoms with E-state index in [4.69, 9.17) is 0 Å². The minimum Gasteiger partial charge on any atom is -0.356 e. The summed E-state index contributed by atoms with van der Waals surface area (Å²) in [7, 11) is 1.85. The van der Waals surface area contributed by atoms with Crippen LogP contribution in [0.1, 0.15) is 50.2 Å². The van der Waals surface area contributed by atoms with Crippen LogP contribution in [0, 0.1) is 18.8 Å². The molecule has 6 heteroatoms. The van der Waals surface area contributed by atoms with Crippen molar-refractivity contribution in [3.8, 4) is 0 Å². The third-order valence-electron chi connectivity index (χ3n) is 4.62. The summed E-state index contributed by atoms with van der Waals surface area (Å²) >= 11 is 1.72. The number of nitrogens with one attached hydrogen (secondary N) is 2. The summed E-state index contributed by atoms with van der Waals surface area (Å²) in [6.07, 6.45) is 6.14. The Morgan fingerprint density at radius 3 is 2.57 bits per heavy atom. The summed E-state index contributed by atoms with van der Waals surface area (Å²) in [5.74, 6) is 2.65. The second-order valence-corrected chi connectivity index (χ2v) is 7.67. The van der Waals surface area contributed by atoms with Crippen molar-refractivity contribution >= 4 is 41.3 Å². The molecule has 1 heterocycles. The van der Waals surface area contributed by atoms with E-state index in [0.29, 0.717) is 6.04 Å². The van der Waals surface area contributed by atoms with Crippen LogP contribution in [0.25, 0.3) is 0 Å². The molecule has 1 aromatic heterocycles. The van der Waals surface area contributed by atoms with E-state index in [9.17, 15) is 0 Å². The van der Waals surface area contributed by atoms with E-state index in [1.165, 1.54) is 31.4 Å². The molecule has 0 spiro atoms. The van der Waals surface area contributed by atoms with Gasteiger partial charge in [0.25, 0.3) is 0 Å². The average Bonchev–Trinajstić information content (AvgIpc) is 2.92. The fourth-order valence-electron chi connectivity index (χ4n) is 3.15. The Bertz CT molecular complexity index is 479. The van der Waals surface area contributed by atoms with Crippen LogP contribution in [0.15, 0.2) is 10.4 Å². The minimum absolute atomic E-state index is 0. The molecule has 1 fully saturated rings. The van der Waals surface area contributed by atoms with Gasteiger partial charge in [-0.2, -0.15) is 0 Å². The third-order valence-corrected chi connectivity index (χ3v) is 5.44. The van der Waals surface area contributed by atoms with E-state index in [-0.39, 0.29) is 24.0 Å². The smallest absolute Gasteiger partial charge is 0.191 e. The quantitative estimate of drug-likeness (QED) is 0.405. The number of hydrogen-bond acceptors (Lipinski definition) is 3. The van der Waals surface area contributed by atoms with Gasteiger partial charge in [-0.15, -0.1) is 35.3 Å². The van der Waals surface area contributed by atoms with Crippen molar-refractivity contribution in [3.05, 3.63) is 16.1 Å². The molecular weight excluding hydrogens is 419 g/mol. The van der Waals surface area contributed by atoms with Crippen molar-refractivity contribution in [2.75, 3.05) is 13.6 Å². The van der Waals surface area contributed by atoms with Gasteiger partial charge in [-0.25, -0.2) is 4.98 Å². The Kier molecular flexibility index (Phi) is 9.43. The van der Waals surface area contributed by atoms with Crippen molar-refractivity contribution in [1.82, 2.24) is 15.6 Å². The van der Waals surface area contributed by atoms with Crippen molar-refractivity contribution in [3.63, 3.8) is 0 Å². The molecule has 4 nitrogen and oxygen atoms in total. The summed E-state index contributed by atoms with van der Waals surface area (Å²) in [4.78, 5) is 8.84. The predicted molar refractivity (Wildman–Crippen MR) is 111 cm³/mol. The molecule has 1 aliphatic carbocycles. The first kappa shape index (κ1) is 20.7. The molecule has 0 aromatic carbocycles. The zero-order chi connectivity index (χ0) is 15.9. The average molecular weight is 450 g/mol. The van der Waals surface area contributed by atoms with Gasteiger partial charge in [0, 0.05) is 31.4 Å². The Morgan fingerprint density at radius 1 is 1.35 bits per heavy atom. The lowest BCUT2D eigenvalue weighted by molar-refractivity contribution is 0.250. The van der Waals surface area contributed by atoms with Gasteiger partial charge in [-0.3, -0.25) is 4.99 Å². The minimum atomic E-state index is 0. The number of halogens is 1. The van der Waals surface area contributed by atoms with Gasteiger partial charge < -0.3 is 10.6 Å². The Morgan fingerprint density at radius 2 is 2.04 bits per heavy atom. The van der Waals surface area contributed by atoms with E-state index in [0.717, 1.165) is 35.8 Å². The normalized spacial score (nSPS) is 21.9. The van der Waals surface area contributed by atoms with E-state index in [1.54, 1.807) is 11.3 Å². The van der Waals surface area contributed by atoms with Crippen molar-refractivity contribution in [2.45, 2.75) is 58.9 Å². The van der Waals surface area contributed by atoms with Crippen LogP contribution in [0.3, 0.4) is 0 Å². The summed E-state index contributed by atoms with van der Waals surface area (Å²) in [5.41, 5.74) is 1.17. The number of aryl methyl sites for hydroxylation is 1. The standard InChI is InChI=1S/C17H30N4S.HI/c1-12(2)14-5-7-15(8-6-14)21-17(18-4)19-10-9-16-11-22-13(3)20-16;/h11-12,14-15H,5-10H2,1-4H3,(H2,18,19,21);1H. The molecule has 132 valence electrons. The Balaban J connectivity index is 0.00000264. The Hall–Kier alpha value is -0.370. The Labute approximate surface area is 162 Å². The topological polar surface area (TPSA) is 49.3 Å². The highest BCUT2D eigenvalue weighted by Gasteiger charge is 2.23. The van der Waals surface area contributed by atoms with Crippen LogP contribution in [-0.2, 0) is 6.42 Å². The SMILES string of the molecule is CN=C(NCCc1csc(C)n1)NC1CCC(C(C)C)CC1.I. The fraction of sp³-hybridized carbons (Fsp3) is 0.765. The van der Waals surface area contributed by atoms with Crippen LogP contribution in [0.2, 0.25) is 0 Å². The molecule has 0 amide bonds. The zero-order valence-corrected chi connectivity index (χ0v) is 17.9. The number of hydrogen-bond donors (Lipinski definition) is 2. The number of aliphatic imine (C=N–C) groups is 1. The number of thiazole rings is 1. The first-order valence-corrected chi connectivity index (χ1v) is 9.34. The lowest BCUT2D eigenvalue weighted by Gasteiger charge is -2.32. The molecule has 0 atom stereocenters. The maximum absolute atomic E-state index is 4.49. The molecule has 0 radical (unpaired) electrons. The highest BCUT2D eigenvalue weighted by Crippen LogP contribution is 2.29. The van der Waals surface area contributed by atoms with Crippen LogP contribution in [0.5, 0.6) is 0 Å². The molecule has 1 aromatic rings. The molecule has 0 aliphatic heterocycles. The monoisotopic (exact) mass is 450 g/mol. The molecule has 2 rings (SSSR count). The van der Waals surface area contributed by atoms with Gasteiger partial charge in [-0.05, 0) is 44.4 Å². The van der Waals surface area contributed by atoms with Crippen LogP contribution < -0.4 is 10.6 Å². The summed E-state index contributed by atoms with van der Waals surface area (Å²) in [6, 6.07) is 0.572. The van der Waals surface area contributed by atoms with Crippen molar-refractivity contribution in [1.29, 1.82) is 0 Å². The van der Waals surface area contributed by atoms with E-state index in [2.05, 4.69) is 46.8 Å². The van der Waals surface area contributed by atoms with Crippen molar-refractivity contribution < 1.29 is 0 Å². The second-order valence-electron chi connectivity index (χ2n) is 6.61. The highest BCUT2D eigenvalue weighted by atomic mass is 127. The van der Waals surface area contributed by atoms with Gasteiger partial charge in [0.1, 0.15) is 0 Å². The molecule has 1 saturated carbocycles. The van der Waals surface area contributed by atoms with Gasteiger partial charge in [-0.1, -0.05) is 13.8 Å². The van der Waals surface area contributed by atoms with E-state index >= 15 is 0 Å². The van der Waals surface area contributed by atoms with Crippen LogP contribution in [0.4, 0.5) is 0 Å². The summed E-state index contributed by atoms with van der Waals surface area (Å²) in [6.45, 7) is 7.62. The number of rotatable bonds is 5. The van der Waals surface area contributed by atoms with Crippen molar-refractivity contribution in [2.24, 2.45) is 16.8 Å². The van der Waals surface area contributed by atoms with Gasteiger partial charge in [0.2, 0.25) is 0 Å². The molecule has 0 unspecified atom stereocenters. The number of aromatic nitrogens is 1. The molecular formula is C17H31IN4S. The number of nitrogens with zero attached hydrogens (tertiary/aromatic N) is 2. The zero-order valence-electron chi connectivity index (χ0n) is 14.8. The molecule has 0 bridgehead atoms.